The van der Waals surface area contributed by atoms with Crippen LogP contribution in [0.3, 0.4) is 0 Å². The molecule has 2 rings (SSSR count). The predicted molar refractivity (Wildman–Crippen MR) is 56.6 cm³/mol. The summed E-state index contributed by atoms with van der Waals surface area (Å²) in [5.41, 5.74) is -0.313. The number of nitrogens with zero attached hydrogens (tertiary/aromatic N) is 2. The number of aromatic nitrogens is 2. The normalized spacial score (nSPS) is 24.9. The first-order chi connectivity index (χ1) is 7.61. The van der Waals surface area contributed by atoms with Gasteiger partial charge in [0.1, 0.15) is 6.23 Å². The van der Waals surface area contributed by atoms with Crippen LogP contribution in [-0.4, -0.2) is 15.7 Å². The van der Waals surface area contributed by atoms with Crippen LogP contribution in [0.4, 0.5) is 4.39 Å². The van der Waals surface area contributed by atoms with Gasteiger partial charge in [0, 0.05) is 6.20 Å². The van der Waals surface area contributed by atoms with Crippen molar-refractivity contribution in [3.8, 4) is 0 Å². The molecule has 2 heterocycles. The average molecular weight is 226 g/mol. The summed E-state index contributed by atoms with van der Waals surface area (Å²) in [5.74, 6) is -0.469. The van der Waals surface area contributed by atoms with Crippen molar-refractivity contribution in [2.75, 3.05) is 0 Å². The fourth-order valence-corrected chi connectivity index (χ4v) is 1.92. The van der Waals surface area contributed by atoms with Gasteiger partial charge >= 0.3 is 5.69 Å². The minimum absolute atomic E-state index is 0.131. The van der Waals surface area contributed by atoms with E-state index >= 15 is 0 Å². The molecule has 88 valence electrons. The van der Waals surface area contributed by atoms with Crippen molar-refractivity contribution in [2.24, 2.45) is 0 Å². The zero-order valence-corrected chi connectivity index (χ0v) is 9.44. The van der Waals surface area contributed by atoms with E-state index in [1.807, 2.05) is 6.92 Å². The van der Waals surface area contributed by atoms with Crippen molar-refractivity contribution in [1.82, 2.24) is 9.55 Å². The SMILES string of the molecule is CC[C@H]1CC[C@@H](n2cc(F)c(C)nc2=O)O1. The first-order valence-corrected chi connectivity index (χ1v) is 5.52. The third kappa shape index (κ3) is 2.00. The van der Waals surface area contributed by atoms with Crippen molar-refractivity contribution in [3.63, 3.8) is 0 Å². The molecule has 1 aromatic heterocycles. The molecule has 0 aliphatic carbocycles. The van der Waals surface area contributed by atoms with Gasteiger partial charge in [-0.05, 0) is 26.2 Å². The van der Waals surface area contributed by atoms with Gasteiger partial charge in [-0.15, -0.1) is 0 Å². The van der Waals surface area contributed by atoms with Crippen LogP contribution >= 0.6 is 0 Å². The van der Waals surface area contributed by atoms with Gasteiger partial charge in [-0.2, -0.15) is 4.98 Å². The van der Waals surface area contributed by atoms with Crippen molar-refractivity contribution >= 4 is 0 Å². The van der Waals surface area contributed by atoms with Crippen LogP contribution in [0.25, 0.3) is 0 Å². The highest BCUT2D eigenvalue weighted by molar-refractivity contribution is 5.00. The maximum Gasteiger partial charge on any atom is 0.350 e. The van der Waals surface area contributed by atoms with Crippen molar-refractivity contribution in [3.05, 3.63) is 28.2 Å². The summed E-state index contributed by atoms with van der Waals surface area (Å²) in [7, 11) is 0. The topological polar surface area (TPSA) is 44.1 Å². The smallest absolute Gasteiger partial charge is 0.350 e. The minimum atomic E-state index is -0.469. The number of hydrogen-bond donors (Lipinski definition) is 0. The van der Waals surface area contributed by atoms with E-state index in [1.165, 1.54) is 17.7 Å². The van der Waals surface area contributed by atoms with E-state index in [1.54, 1.807) is 0 Å². The molecule has 1 aliphatic rings. The molecule has 0 unspecified atom stereocenters. The highest BCUT2D eigenvalue weighted by Gasteiger charge is 2.26. The van der Waals surface area contributed by atoms with Crippen LogP contribution in [-0.2, 0) is 4.74 Å². The van der Waals surface area contributed by atoms with E-state index in [9.17, 15) is 9.18 Å². The van der Waals surface area contributed by atoms with Crippen LogP contribution in [0.5, 0.6) is 0 Å². The fourth-order valence-electron chi connectivity index (χ4n) is 1.92. The third-order valence-electron chi connectivity index (χ3n) is 2.93. The largest absolute Gasteiger partial charge is 0.355 e. The second-order valence-corrected chi connectivity index (χ2v) is 4.06. The quantitative estimate of drug-likeness (QED) is 0.772. The lowest BCUT2D eigenvalue weighted by Gasteiger charge is -2.15. The number of hydrogen-bond acceptors (Lipinski definition) is 3. The summed E-state index contributed by atoms with van der Waals surface area (Å²) in [6.07, 6.45) is 3.55. The second kappa shape index (κ2) is 4.33. The molecule has 1 aromatic rings. The van der Waals surface area contributed by atoms with Gasteiger partial charge in [-0.3, -0.25) is 4.57 Å². The molecule has 0 saturated carbocycles. The number of rotatable bonds is 2. The van der Waals surface area contributed by atoms with E-state index in [0.717, 1.165) is 19.3 Å². The molecule has 0 radical (unpaired) electrons. The summed E-state index contributed by atoms with van der Waals surface area (Å²) in [4.78, 5) is 15.2. The Morgan fingerprint density at radius 1 is 1.62 bits per heavy atom. The summed E-state index contributed by atoms with van der Waals surface area (Å²) in [6.45, 7) is 3.51. The Morgan fingerprint density at radius 3 is 3.00 bits per heavy atom. The lowest BCUT2D eigenvalue weighted by molar-refractivity contribution is -0.00256. The fraction of sp³-hybridized carbons (Fsp3) is 0.636. The summed E-state index contributed by atoms with van der Waals surface area (Å²) in [6, 6.07) is 0. The van der Waals surface area contributed by atoms with Gasteiger partial charge in [0.15, 0.2) is 5.82 Å². The van der Waals surface area contributed by atoms with E-state index in [2.05, 4.69) is 4.98 Å². The van der Waals surface area contributed by atoms with Crippen LogP contribution < -0.4 is 5.69 Å². The summed E-state index contributed by atoms with van der Waals surface area (Å²) < 4.78 is 20.2. The first kappa shape index (κ1) is 11.3. The van der Waals surface area contributed by atoms with Gasteiger partial charge in [0.25, 0.3) is 0 Å². The molecule has 1 fully saturated rings. The van der Waals surface area contributed by atoms with Gasteiger partial charge in [-0.1, -0.05) is 6.92 Å². The molecule has 0 spiro atoms. The van der Waals surface area contributed by atoms with Crippen LogP contribution in [0.15, 0.2) is 11.0 Å². The molecular formula is C11H15FN2O2. The monoisotopic (exact) mass is 226 g/mol. The van der Waals surface area contributed by atoms with Crippen molar-refractivity contribution in [1.29, 1.82) is 0 Å². The Hall–Kier alpha value is -1.23. The van der Waals surface area contributed by atoms with Crippen LogP contribution in [0.1, 0.15) is 38.1 Å². The van der Waals surface area contributed by atoms with Crippen LogP contribution in [0, 0.1) is 12.7 Å². The first-order valence-electron chi connectivity index (χ1n) is 5.52. The number of ether oxygens (including phenoxy) is 1. The Morgan fingerprint density at radius 2 is 2.38 bits per heavy atom. The molecule has 0 N–H and O–H groups in total. The molecule has 0 bridgehead atoms. The third-order valence-corrected chi connectivity index (χ3v) is 2.93. The second-order valence-electron chi connectivity index (χ2n) is 4.06. The summed E-state index contributed by atoms with van der Waals surface area (Å²) >= 11 is 0. The maximum absolute atomic E-state index is 13.3. The van der Waals surface area contributed by atoms with Gasteiger partial charge in [0.2, 0.25) is 0 Å². The van der Waals surface area contributed by atoms with E-state index < -0.39 is 11.5 Å². The van der Waals surface area contributed by atoms with Crippen molar-refractivity contribution < 1.29 is 9.13 Å². The molecule has 0 amide bonds. The molecule has 0 aromatic carbocycles. The van der Waals surface area contributed by atoms with E-state index in [4.69, 9.17) is 4.74 Å². The molecule has 5 heteroatoms. The van der Waals surface area contributed by atoms with Crippen LogP contribution in [0.2, 0.25) is 0 Å². The number of aryl methyl sites for hydroxylation is 1. The zero-order valence-electron chi connectivity index (χ0n) is 9.44. The molecule has 1 aliphatic heterocycles. The Bertz CT molecular complexity index is 444. The Kier molecular flexibility index (Phi) is 3.05. The maximum atomic E-state index is 13.3. The lowest BCUT2D eigenvalue weighted by Crippen LogP contribution is -2.28. The highest BCUT2D eigenvalue weighted by atomic mass is 19.1. The average Bonchev–Trinajstić information content (AvgIpc) is 2.71. The van der Waals surface area contributed by atoms with Gasteiger partial charge < -0.3 is 4.74 Å². The molecular weight excluding hydrogens is 211 g/mol. The molecule has 4 nitrogen and oxygen atoms in total. The highest BCUT2D eigenvalue weighted by Crippen LogP contribution is 2.28. The molecule has 2 atom stereocenters. The van der Waals surface area contributed by atoms with Gasteiger partial charge in [-0.25, -0.2) is 9.18 Å². The zero-order chi connectivity index (χ0) is 11.7. The summed E-state index contributed by atoms with van der Waals surface area (Å²) in [5, 5.41) is 0. The Balaban J connectivity index is 2.28. The standard InChI is InChI=1S/C11H15FN2O2/c1-3-8-4-5-10(16-8)14-6-9(12)7(2)13-11(14)15/h6,8,10H,3-5H2,1-2H3/t8-,10-/m0/s1. The molecule has 16 heavy (non-hydrogen) atoms. The number of halogens is 1. The van der Waals surface area contributed by atoms with Gasteiger partial charge in [0.05, 0.1) is 11.8 Å². The van der Waals surface area contributed by atoms with E-state index in [-0.39, 0.29) is 18.0 Å². The van der Waals surface area contributed by atoms with Crippen molar-refractivity contribution in [2.45, 2.75) is 45.4 Å². The minimum Gasteiger partial charge on any atom is -0.355 e. The predicted octanol–water partition coefficient (Wildman–Crippen LogP) is 1.78. The Labute approximate surface area is 93.1 Å². The van der Waals surface area contributed by atoms with E-state index in [0.29, 0.717) is 0 Å². The lowest BCUT2D eigenvalue weighted by atomic mass is 10.2. The molecule has 1 saturated heterocycles.